The molecule has 0 aliphatic rings. The molecule has 0 fully saturated rings. The first-order valence-electron chi connectivity index (χ1n) is 8.13. The summed E-state index contributed by atoms with van der Waals surface area (Å²) in [5.41, 5.74) is -0.996. The van der Waals surface area contributed by atoms with E-state index < -0.39 is 41.2 Å². The van der Waals surface area contributed by atoms with Crippen LogP contribution >= 0.6 is 0 Å². The van der Waals surface area contributed by atoms with Crippen LogP contribution in [0.1, 0.15) is 5.56 Å². The summed E-state index contributed by atoms with van der Waals surface area (Å²) in [7, 11) is 0. The van der Waals surface area contributed by atoms with Gasteiger partial charge in [-0.2, -0.15) is 0 Å². The fourth-order valence-corrected chi connectivity index (χ4v) is 2.57. The summed E-state index contributed by atoms with van der Waals surface area (Å²) in [6, 6.07) is 9.47. The van der Waals surface area contributed by atoms with Crippen molar-refractivity contribution in [2.75, 3.05) is 5.32 Å². The molecule has 0 saturated heterocycles. The number of carbonyl (C=O) groups excluding carboxylic acids is 1. The van der Waals surface area contributed by atoms with Gasteiger partial charge in [-0.15, -0.1) is 0 Å². The molecule has 0 bridgehead atoms. The maximum atomic E-state index is 13.3. The van der Waals surface area contributed by atoms with Crippen LogP contribution in [-0.4, -0.2) is 15.0 Å². The maximum Gasteiger partial charge on any atom is 0.331 e. The van der Waals surface area contributed by atoms with Gasteiger partial charge in [0.15, 0.2) is 11.6 Å². The van der Waals surface area contributed by atoms with Crippen LogP contribution in [0.2, 0.25) is 0 Å². The second-order valence-electron chi connectivity index (χ2n) is 5.96. The number of aromatic nitrogens is 2. The van der Waals surface area contributed by atoms with Crippen molar-refractivity contribution in [2.24, 2.45) is 0 Å². The molecule has 144 valence electrons. The van der Waals surface area contributed by atoms with Gasteiger partial charge in [0, 0.05) is 24.0 Å². The van der Waals surface area contributed by atoms with Gasteiger partial charge in [-0.05, 0) is 29.8 Å². The molecule has 3 aromatic rings. The van der Waals surface area contributed by atoms with E-state index in [1.807, 2.05) is 0 Å². The summed E-state index contributed by atoms with van der Waals surface area (Å²) in [4.78, 5) is 36.6. The monoisotopic (exact) mass is 389 g/mol. The summed E-state index contributed by atoms with van der Waals surface area (Å²) < 4.78 is 41.3. The van der Waals surface area contributed by atoms with Gasteiger partial charge in [0.1, 0.15) is 12.4 Å². The van der Waals surface area contributed by atoms with Crippen LogP contribution in [0.4, 0.5) is 18.9 Å². The Kier molecular flexibility index (Phi) is 5.44. The third kappa shape index (κ3) is 4.37. The fourth-order valence-electron chi connectivity index (χ4n) is 2.57. The van der Waals surface area contributed by atoms with Crippen LogP contribution in [0.15, 0.2) is 64.3 Å². The van der Waals surface area contributed by atoms with E-state index in [0.29, 0.717) is 10.1 Å². The van der Waals surface area contributed by atoms with E-state index in [1.54, 1.807) is 6.07 Å². The summed E-state index contributed by atoms with van der Waals surface area (Å²) in [6.07, 6.45) is 1.25. The number of hydrogen-bond donors (Lipinski definition) is 1. The van der Waals surface area contributed by atoms with E-state index in [0.717, 1.165) is 28.8 Å². The molecular weight excluding hydrogens is 375 g/mol. The molecule has 28 heavy (non-hydrogen) atoms. The maximum absolute atomic E-state index is 13.3. The Bertz CT molecular complexity index is 1150. The third-order valence-electron chi connectivity index (χ3n) is 3.89. The molecule has 2 aromatic carbocycles. The van der Waals surface area contributed by atoms with Crippen molar-refractivity contribution in [1.82, 2.24) is 9.13 Å². The van der Waals surface area contributed by atoms with E-state index in [-0.39, 0.29) is 12.2 Å². The summed E-state index contributed by atoms with van der Waals surface area (Å²) >= 11 is 0. The highest BCUT2D eigenvalue weighted by atomic mass is 19.2. The van der Waals surface area contributed by atoms with Gasteiger partial charge in [-0.25, -0.2) is 18.0 Å². The molecule has 1 aromatic heterocycles. The number of benzene rings is 2. The Hall–Kier alpha value is -3.62. The minimum atomic E-state index is -1.15. The quantitative estimate of drug-likeness (QED) is 0.727. The first kappa shape index (κ1) is 19.2. The molecule has 1 N–H and O–H groups in total. The van der Waals surface area contributed by atoms with Crippen molar-refractivity contribution in [3.63, 3.8) is 0 Å². The summed E-state index contributed by atoms with van der Waals surface area (Å²) in [5.74, 6) is -3.46. The smallest absolute Gasteiger partial charge is 0.324 e. The second kappa shape index (κ2) is 7.95. The number of amides is 1. The molecule has 1 heterocycles. The lowest BCUT2D eigenvalue weighted by Gasteiger charge is -2.11. The highest BCUT2D eigenvalue weighted by Gasteiger charge is 2.12. The number of halogens is 3. The summed E-state index contributed by atoms with van der Waals surface area (Å²) in [6.45, 7) is -0.623. The molecule has 0 unspecified atom stereocenters. The first-order valence-corrected chi connectivity index (χ1v) is 8.13. The van der Waals surface area contributed by atoms with Crippen LogP contribution in [-0.2, 0) is 17.9 Å². The van der Waals surface area contributed by atoms with Gasteiger partial charge in [0.2, 0.25) is 5.91 Å². The highest BCUT2D eigenvalue weighted by molar-refractivity contribution is 5.90. The number of carbonyl (C=O) groups is 1. The van der Waals surface area contributed by atoms with Crippen LogP contribution < -0.4 is 16.6 Å². The van der Waals surface area contributed by atoms with Crippen LogP contribution in [0, 0.1) is 17.5 Å². The van der Waals surface area contributed by atoms with E-state index in [9.17, 15) is 27.6 Å². The Morgan fingerprint density at radius 1 is 0.964 bits per heavy atom. The topological polar surface area (TPSA) is 73.1 Å². The minimum absolute atomic E-state index is 0.00165. The lowest BCUT2D eigenvalue weighted by atomic mass is 10.2. The fraction of sp³-hybridized carbons (Fsp3) is 0.105. The first-order chi connectivity index (χ1) is 13.3. The van der Waals surface area contributed by atoms with Crippen molar-refractivity contribution in [1.29, 1.82) is 0 Å². The van der Waals surface area contributed by atoms with Gasteiger partial charge in [0.05, 0.1) is 6.54 Å². The minimum Gasteiger partial charge on any atom is -0.324 e. The van der Waals surface area contributed by atoms with Crippen LogP contribution in [0.3, 0.4) is 0 Å². The molecule has 1 amide bonds. The van der Waals surface area contributed by atoms with Crippen LogP contribution in [0.25, 0.3) is 0 Å². The number of nitrogens with zero attached hydrogens (tertiary/aromatic N) is 2. The average molecular weight is 389 g/mol. The molecule has 6 nitrogen and oxygen atoms in total. The molecule has 3 rings (SSSR count). The second-order valence-corrected chi connectivity index (χ2v) is 5.96. The lowest BCUT2D eigenvalue weighted by molar-refractivity contribution is -0.116. The van der Waals surface area contributed by atoms with Gasteiger partial charge >= 0.3 is 5.69 Å². The number of hydrogen-bond acceptors (Lipinski definition) is 3. The van der Waals surface area contributed by atoms with Crippen molar-refractivity contribution < 1.29 is 18.0 Å². The van der Waals surface area contributed by atoms with Crippen molar-refractivity contribution >= 4 is 11.6 Å². The molecular formula is C19H14F3N3O3. The molecule has 0 aliphatic carbocycles. The van der Waals surface area contributed by atoms with Crippen molar-refractivity contribution in [3.05, 3.63) is 98.6 Å². The predicted molar refractivity (Wildman–Crippen MR) is 95.5 cm³/mol. The largest absolute Gasteiger partial charge is 0.331 e. The molecule has 0 radical (unpaired) electrons. The zero-order valence-electron chi connectivity index (χ0n) is 14.4. The van der Waals surface area contributed by atoms with E-state index in [1.165, 1.54) is 24.4 Å². The van der Waals surface area contributed by atoms with E-state index in [4.69, 9.17) is 0 Å². The predicted octanol–water partition coefficient (Wildman–Crippen LogP) is 2.11. The van der Waals surface area contributed by atoms with Gasteiger partial charge in [0.25, 0.3) is 5.56 Å². The Morgan fingerprint density at radius 3 is 2.46 bits per heavy atom. The van der Waals surface area contributed by atoms with Gasteiger partial charge in [-0.1, -0.05) is 12.1 Å². The molecule has 0 saturated carbocycles. The number of anilines is 1. The zero-order valence-corrected chi connectivity index (χ0v) is 14.4. The average Bonchev–Trinajstić information content (AvgIpc) is 2.64. The third-order valence-corrected chi connectivity index (χ3v) is 3.89. The molecule has 0 atom stereocenters. The van der Waals surface area contributed by atoms with Gasteiger partial charge in [-0.3, -0.25) is 18.7 Å². The van der Waals surface area contributed by atoms with Crippen molar-refractivity contribution in [2.45, 2.75) is 13.1 Å². The van der Waals surface area contributed by atoms with E-state index in [2.05, 4.69) is 5.32 Å². The lowest BCUT2D eigenvalue weighted by Crippen LogP contribution is -2.41. The standard InChI is InChI=1S/C19H14F3N3O3/c20-13-3-1-2-12(8-13)10-24-7-6-18(27)25(19(24)28)11-17(26)23-14-4-5-15(21)16(22)9-14/h1-9H,10-11H2,(H,23,26). The Balaban J connectivity index is 1.81. The highest BCUT2D eigenvalue weighted by Crippen LogP contribution is 2.13. The van der Waals surface area contributed by atoms with Gasteiger partial charge < -0.3 is 5.32 Å². The zero-order chi connectivity index (χ0) is 20.3. The summed E-state index contributed by atoms with van der Waals surface area (Å²) in [5, 5.41) is 2.29. The normalized spacial score (nSPS) is 10.7. The molecule has 0 spiro atoms. The number of nitrogens with one attached hydrogen (secondary N) is 1. The van der Waals surface area contributed by atoms with Crippen LogP contribution in [0.5, 0.6) is 0 Å². The Labute approximate surface area is 156 Å². The van der Waals surface area contributed by atoms with E-state index >= 15 is 0 Å². The SMILES string of the molecule is O=C(Cn1c(=O)ccn(Cc2cccc(F)c2)c1=O)Nc1ccc(F)c(F)c1. The van der Waals surface area contributed by atoms with Crippen molar-refractivity contribution in [3.8, 4) is 0 Å². The number of rotatable bonds is 5. The Morgan fingerprint density at radius 2 is 1.75 bits per heavy atom. The molecule has 9 heteroatoms. The molecule has 0 aliphatic heterocycles.